The molecule has 0 saturated carbocycles. The maximum atomic E-state index is 12.7. The number of rotatable bonds is 4. The summed E-state index contributed by atoms with van der Waals surface area (Å²) in [5.74, 6) is 0.999. The van der Waals surface area contributed by atoms with Gasteiger partial charge in [0.25, 0.3) is 0 Å². The van der Waals surface area contributed by atoms with Gasteiger partial charge in [-0.2, -0.15) is 4.52 Å². The van der Waals surface area contributed by atoms with Crippen LogP contribution in [0.5, 0.6) is 0 Å². The van der Waals surface area contributed by atoms with Gasteiger partial charge in [0.05, 0.1) is 6.04 Å². The van der Waals surface area contributed by atoms with E-state index in [4.69, 9.17) is 11.6 Å². The van der Waals surface area contributed by atoms with Crippen molar-refractivity contribution in [2.75, 3.05) is 18.0 Å². The number of nitrogens with zero attached hydrogens (tertiary/aromatic N) is 5. The predicted octanol–water partition coefficient (Wildman–Crippen LogP) is 2.87. The van der Waals surface area contributed by atoms with E-state index in [0.717, 1.165) is 43.0 Å². The number of amides is 1. The lowest BCUT2D eigenvalue weighted by Gasteiger charge is -2.32. The first-order chi connectivity index (χ1) is 13.1. The first-order valence-electron chi connectivity index (χ1n) is 9.08. The average molecular weight is 385 g/mol. The van der Waals surface area contributed by atoms with Gasteiger partial charge in [-0.05, 0) is 49.6 Å². The minimum absolute atomic E-state index is 0.0153. The molecule has 7 nitrogen and oxygen atoms in total. The molecular formula is C19H21ClN6O. The molecule has 27 heavy (non-hydrogen) atoms. The summed E-state index contributed by atoms with van der Waals surface area (Å²) in [6.45, 7) is 3.57. The molecule has 2 aromatic heterocycles. The summed E-state index contributed by atoms with van der Waals surface area (Å²) in [5, 5.41) is 16.1. The van der Waals surface area contributed by atoms with Gasteiger partial charge in [0, 0.05) is 24.0 Å². The van der Waals surface area contributed by atoms with Gasteiger partial charge in [-0.15, -0.1) is 15.3 Å². The van der Waals surface area contributed by atoms with Gasteiger partial charge < -0.3 is 10.2 Å². The van der Waals surface area contributed by atoms with Gasteiger partial charge >= 0.3 is 0 Å². The molecule has 1 aliphatic rings. The maximum Gasteiger partial charge on any atom is 0.223 e. The molecule has 1 fully saturated rings. The Kier molecular flexibility index (Phi) is 4.94. The van der Waals surface area contributed by atoms with Gasteiger partial charge in [0.1, 0.15) is 12.1 Å². The first-order valence-corrected chi connectivity index (χ1v) is 9.46. The Labute approximate surface area is 162 Å². The molecule has 1 atom stereocenters. The third-order valence-electron chi connectivity index (χ3n) is 5.04. The molecule has 1 aromatic carbocycles. The third-order valence-corrected chi connectivity index (χ3v) is 5.28. The van der Waals surface area contributed by atoms with Gasteiger partial charge in [0.15, 0.2) is 5.65 Å². The molecule has 0 radical (unpaired) electrons. The van der Waals surface area contributed by atoms with E-state index < -0.39 is 0 Å². The van der Waals surface area contributed by atoms with Crippen molar-refractivity contribution in [3.63, 3.8) is 0 Å². The minimum Gasteiger partial charge on any atom is -0.355 e. The van der Waals surface area contributed by atoms with Crippen molar-refractivity contribution in [1.29, 1.82) is 0 Å². The lowest BCUT2D eigenvalue weighted by Crippen LogP contribution is -2.41. The Balaban J connectivity index is 1.35. The van der Waals surface area contributed by atoms with E-state index >= 15 is 0 Å². The van der Waals surface area contributed by atoms with Crippen molar-refractivity contribution in [1.82, 2.24) is 25.1 Å². The predicted molar refractivity (Wildman–Crippen MR) is 104 cm³/mol. The Morgan fingerprint density at radius 1 is 1.26 bits per heavy atom. The van der Waals surface area contributed by atoms with Crippen LogP contribution in [0.15, 0.2) is 42.7 Å². The Morgan fingerprint density at radius 2 is 2.07 bits per heavy atom. The van der Waals surface area contributed by atoms with E-state index in [1.54, 1.807) is 10.8 Å². The fraction of sp³-hybridized carbons (Fsp3) is 0.368. The zero-order valence-electron chi connectivity index (χ0n) is 15.0. The summed E-state index contributed by atoms with van der Waals surface area (Å²) in [6.07, 6.45) is 3.20. The third kappa shape index (κ3) is 3.88. The van der Waals surface area contributed by atoms with Crippen LogP contribution in [0, 0.1) is 5.92 Å². The van der Waals surface area contributed by atoms with E-state index in [1.165, 1.54) is 0 Å². The van der Waals surface area contributed by atoms with E-state index in [-0.39, 0.29) is 17.9 Å². The lowest BCUT2D eigenvalue weighted by molar-refractivity contribution is -0.126. The molecule has 0 aliphatic carbocycles. The number of fused-ring (bicyclic) bond motifs is 1. The number of anilines is 1. The normalized spacial score (nSPS) is 16.4. The standard InChI is InChI=1S/C19H21ClN6O/c1-13(15-3-2-4-16(20)11-15)22-19(27)14-7-9-25(10-8-14)18-6-5-17-23-21-12-26(17)24-18/h2-6,11-14H,7-10H2,1H3,(H,22,27). The monoisotopic (exact) mass is 384 g/mol. The first kappa shape index (κ1) is 17.7. The second kappa shape index (κ2) is 7.52. The molecule has 1 aliphatic heterocycles. The summed E-state index contributed by atoms with van der Waals surface area (Å²) in [7, 11) is 0. The van der Waals surface area contributed by atoms with Gasteiger partial charge in [-0.1, -0.05) is 23.7 Å². The highest BCUT2D eigenvalue weighted by Gasteiger charge is 2.26. The number of halogens is 1. The second-order valence-electron chi connectivity index (χ2n) is 6.87. The minimum atomic E-state index is -0.0629. The van der Waals surface area contributed by atoms with Crippen molar-refractivity contribution >= 4 is 29.0 Å². The molecule has 1 amide bonds. The summed E-state index contributed by atoms with van der Waals surface area (Å²) < 4.78 is 1.67. The Morgan fingerprint density at radius 3 is 2.85 bits per heavy atom. The quantitative estimate of drug-likeness (QED) is 0.748. The highest BCUT2D eigenvalue weighted by molar-refractivity contribution is 6.30. The molecule has 0 bridgehead atoms. The zero-order chi connectivity index (χ0) is 18.8. The maximum absolute atomic E-state index is 12.7. The molecule has 1 N–H and O–H groups in total. The lowest BCUT2D eigenvalue weighted by atomic mass is 9.95. The number of nitrogens with one attached hydrogen (secondary N) is 1. The number of carbonyl (C=O) groups is 1. The van der Waals surface area contributed by atoms with Crippen molar-refractivity contribution in [2.24, 2.45) is 5.92 Å². The zero-order valence-corrected chi connectivity index (χ0v) is 15.8. The van der Waals surface area contributed by atoms with Crippen molar-refractivity contribution in [3.05, 3.63) is 53.3 Å². The van der Waals surface area contributed by atoms with E-state index in [0.29, 0.717) is 5.02 Å². The number of benzene rings is 1. The highest BCUT2D eigenvalue weighted by atomic mass is 35.5. The fourth-order valence-corrected chi connectivity index (χ4v) is 3.65. The molecule has 140 valence electrons. The topological polar surface area (TPSA) is 75.4 Å². The highest BCUT2D eigenvalue weighted by Crippen LogP contribution is 2.24. The van der Waals surface area contributed by atoms with Crippen LogP contribution in [0.3, 0.4) is 0 Å². The van der Waals surface area contributed by atoms with Crippen LogP contribution in [0.4, 0.5) is 5.82 Å². The Hall–Kier alpha value is -2.67. The van der Waals surface area contributed by atoms with Crippen LogP contribution in [-0.4, -0.2) is 38.8 Å². The molecule has 3 aromatic rings. The van der Waals surface area contributed by atoms with E-state index in [2.05, 4.69) is 25.5 Å². The molecule has 0 spiro atoms. The molecule has 4 rings (SSSR count). The number of hydrogen-bond acceptors (Lipinski definition) is 5. The number of piperidine rings is 1. The molecular weight excluding hydrogens is 364 g/mol. The summed E-state index contributed by atoms with van der Waals surface area (Å²) >= 11 is 6.04. The van der Waals surface area contributed by atoms with Crippen LogP contribution >= 0.6 is 11.6 Å². The number of carbonyl (C=O) groups excluding carboxylic acids is 1. The number of aromatic nitrogens is 4. The van der Waals surface area contributed by atoms with Gasteiger partial charge in [-0.25, -0.2) is 0 Å². The largest absolute Gasteiger partial charge is 0.355 e. The van der Waals surface area contributed by atoms with Crippen molar-refractivity contribution in [2.45, 2.75) is 25.8 Å². The van der Waals surface area contributed by atoms with Crippen LogP contribution in [0.2, 0.25) is 5.02 Å². The van der Waals surface area contributed by atoms with Crippen molar-refractivity contribution in [3.8, 4) is 0 Å². The van der Waals surface area contributed by atoms with E-state index in [1.807, 2.05) is 43.3 Å². The molecule has 1 unspecified atom stereocenters. The Bertz CT molecular complexity index is 950. The fourth-order valence-electron chi connectivity index (χ4n) is 3.45. The smallest absolute Gasteiger partial charge is 0.223 e. The van der Waals surface area contributed by atoms with Gasteiger partial charge in [-0.3, -0.25) is 4.79 Å². The van der Waals surface area contributed by atoms with Crippen LogP contribution in [0.1, 0.15) is 31.4 Å². The van der Waals surface area contributed by atoms with E-state index in [9.17, 15) is 4.79 Å². The van der Waals surface area contributed by atoms with Crippen LogP contribution in [0.25, 0.3) is 5.65 Å². The van der Waals surface area contributed by atoms with Crippen molar-refractivity contribution < 1.29 is 4.79 Å². The summed E-state index contributed by atoms with van der Waals surface area (Å²) in [4.78, 5) is 14.8. The summed E-state index contributed by atoms with van der Waals surface area (Å²) in [6, 6.07) is 11.4. The molecule has 1 saturated heterocycles. The average Bonchev–Trinajstić information content (AvgIpc) is 3.16. The SMILES string of the molecule is CC(NC(=O)C1CCN(c2ccc3nncn3n2)CC1)c1cccc(Cl)c1. The molecule has 3 heterocycles. The second-order valence-corrected chi connectivity index (χ2v) is 7.31. The summed E-state index contributed by atoms with van der Waals surface area (Å²) in [5.41, 5.74) is 1.74. The van der Waals surface area contributed by atoms with Crippen LogP contribution in [-0.2, 0) is 4.79 Å². The molecule has 8 heteroatoms. The number of hydrogen-bond donors (Lipinski definition) is 1. The van der Waals surface area contributed by atoms with Crippen LogP contribution < -0.4 is 10.2 Å². The van der Waals surface area contributed by atoms with Gasteiger partial charge in [0.2, 0.25) is 5.91 Å².